The number of amides is 1. The van der Waals surface area contributed by atoms with Crippen LogP contribution in [0.25, 0.3) is 16.6 Å². The number of carbonyl (C=O) groups is 1. The molecule has 0 aliphatic heterocycles. The highest BCUT2D eigenvalue weighted by atomic mass is 32.2. The van der Waals surface area contributed by atoms with Gasteiger partial charge >= 0.3 is 0 Å². The topological polar surface area (TPSA) is 98.7 Å². The van der Waals surface area contributed by atoms with Crippen LogP contribution in [0.1, 0.15) is 28.8 Å². The van der Waals surface area contributed by atoms with Crippen molar-refractivity contribution in [3.05, 3.63) is 78.1 Å². The van der Waals surface area contributed by atoms with Crippen LogP contribution in [0.5, 0.6) is 0 Å². The zero-order chi connectivity index (χ0) is 20.7. The molecule has 3 heterocycles. The van der Waals surface area contributed by atoms with Crippen molar-refractivity contribution in [3.63, 3.8) is 0 Å². The number of fused-ring (bicyclic) bond motifs is 1. The van der Waals surface area contributed by atoms with E-state index in [1.165, 1.54) is 18.3 Å². The van der Waals surface area contributed by atoms with Crippen molar-refractivity contribution < 1.29 is 9.18 Å². The predicted molar refractivity (Wildman–Crippen MR) is 111 cm³/mol. The molecule has 1 aliphatic rings. The fourth-order valence-electron chi connectivity index (χ4n) is 3.54. The van der Waals surface area contributed by atoms with Gasteiger partial charge in [-0.3, -0.25) is 14.9 Å². The van der Waals surface area contributed by atoms with Crippen LogP contribution in [0.15, 0.2) is 66.2 Å². The largest absolute Gasteiger partial charge is 0.342 e. The van der Waals surface area contributed by atoms with E-state index in [9.17, 15) is 9.18 Å². The Morgan fingerprint density at radius 2 is 1.90 bits per heavy atom. The van der Waals surface area contributed by atoms with Crippen molar-refractivity contribution in [2.45, 2.75) is 23.4 Å². The van der Waals surface area contributed by atoms with Crippen molar-refractivity contribution in [2.24, 2.45) is 5.14 Å². The number of carbonyl (C=O) groups excluding carboxylic acids is 1. The van der Waals surface area contributed by atoms with E-state index in [0.717, 1.165) is 35.4 Å². The Bertz CT molecular complexity index is 1230. The molecule has 1 aliphatic carbocycles. The molecular formula is C21H17FN6OS. The van der Waals surface area contributed by atoms with Gasteiger partial charge in [0.1, 0.15) is 10.8 Å². The van der Waals surface area contributed by atoms with E-state index in [1.807, 2.05) is 12.1 Å². The third-order valence-corrected chi connectivity index (χ3v) is 5.81. The molecule has 30 heavy (non-hydrogen) atoms. The number of nitrogens with zero attached hydrogens (tertiary/aromatic N) is 4. The standard InChI is InChI=1S/C21H17FN6OS/c22-14-2-4-15(5-3-14)28-18-12-24-10-17(16(18)11-26-28)20(29)27-21(7-8-21)13-1-6-19(30-23)25-9-13/h1-6,9-12H,7-8,23H2,(H,27,29). The molecule has 0 atom stereocenters. The predicted octanol–water partition coefficient (Wildman–Crippen LogP) is 3.34. The minimum Gasteiger partial charge on any atom is -0.342 e. The fourth-order valence-corrected chi connectivity index (χ4v) is 3.80. The number of nitrogens with two attached hydrogens (primary N) is 1. The van der Waals surface area contributed by atoms with Gasteiger partial charge in [0.05, 0.1) is 34.7 Å². The highest BCUT2D eigenvalue weighted by Crippen LogP contribution is 2.45. The number of hydrogen-bond acceptors (Lipinski definition) is 6. The summed E-state index contributed by atoms with van der Waals surface area (Å²) in [5.74, 6) is -0.544. The molecule has 0 saturated heterocycles. The molecule has 7 nitrogen and oxygen atoms in total. The summed E-state index contributed by atoms with van der Waals surface area (Å²) in [4.78, 5) is 21.7. The van der Waals surface area contributed by atoms with E-state index < -0.39 is 5.54 Å². The third-order valence-electron chi connectivity index (χ3n) is 5.33. The normalized spacial score (nSPS) is 14.6. The third kappa shape index (κ3) is 3.21. The maximum Gasteiger partial charge on any atom is 0.254 e. The first-order valence-electron chi connectivity index (χ1n) is 9.33. The lowest BCUT2D eigenvalue weighted by atomic mass is 10.1. The summed E-state index contributed by atoms with van der Waals surface area (Å²) in [5, 5.41) is 14.5. The van der Waals surface area contributed by atoms with Gasteiger partial charge in [-0.05, 0) is 60.7 Å². The maximum atomic E-state index is 13.3. The molecule has 4 aromatic rings. The van der Waals surface area contributed by atoms with E-state index in [0.29, 0.717) is 22.2 Å². The summed E-state index contributed by atoms with van der Waals surface area (Å²) < 4.78 is 14.9. The number of aromatic nitrogens is 4. The summed E-state index contributed by atoms with van der Waals surface area (Å²) in [6.45, 7) is 0. The Morgan fingerprint density at radius 3 is 2.57 bits per heavy atom. The van der Waals surface area contributed by atoms with Crippen molar-refractivity contribution in [3.8, 4) is 5.69 Å². The van der Waals surface area contributed by atoms with Gasteiger partial charge < -0.3 is 5.32 Å². The van der Waals surface area contributed by atoms with Gasteiger partial charge in [-0.2, -0.15) is 5.10 Å². The van der Waals surface area contributed by atoms with Crippen LogP contribution in [0, 0.1) is 5.82 Å². The van der Waals surface area contributed by atoms with Crippen molar-refractivity contribution in [1.82, 2.24) is 25.1 Å². The summed E-state index contributed by atoms with van der Waals surface area (Å²) >= 11 is 1.09. The fraction of sp³-hybridized carbons (Fsp3) is 0.143. The molecule has 1 amide bonds. The first kappa shape index (κ1) is 18.7. The Balaban J connectivity index is 1.46. The number of halogens is 1. The maximum absolute atomic E-state index is 13.3. The second-order valence-electron chi connectivity index (χ2n) is 7.19. The van der Waals surface area contributed by atoms with Gasteiger partial charge in [0.15, 0.2) is 0 Å². The van der Waals surface area contributed by atoms with Gasteiger partial charge in [-0.25, -0.2) is 14.1 Å². The molecule has 9 heteroatoms. The Labute approximate surface area is 175 Å². The molecule has 3 N–H and O–H groups in total. The minimum absolute atomic E-state index is 0.221. The van der Waals surface area contributed by atoms with Gasteiger partial charge in [0.2, 0.25) is 0 Å². The Kier molecular flexibility index (Phi) is 4.48. The molecule has 3 aromatic heterocycles. The smallest absolute Gasteiger partial charge is 0.254 e. The lowest BCUT2D eigenvalue weighted by Crippen LogP contribution is -2.35. The van der Waals surface area contributed by atoms with E-state index in [4.69, 9.17) is 5.14 Å². The summed E-state index contributed by atoms with van der Waals surface area (Å²) in [5.41, 5.74) is 2.33. The molecule has 0 unspecified atom stereocenters. The van der Waals surface area contributed by atoms with Crippen LogP contribution in [-0.2, 0) is 5.54 Å². The molecule has 0 bridgehead atoms. The average Bonchev–Trinajstić information content (AvgIpc) is 3.43. The second kappa shape index (κ2) is 7.19. The van der Waals surface area contributed by atoms with Crippen LogP contribution < -0.4 is 10.5 Å². The summed E-state index contributed by atoms with van der Waals surface area (Å²) in [6.07, 6.45) is 8.25. The van der Waals surface area contributed by atoms with Crippen LogP contribution in [0.3, 0.4) is 0 Å². The minimum atomic E-state index is -0.420. The number of rotatable bonds is 5. The zero-order valence-corrected chi connectivity index (χ0v) is 16.6. The molecular weight excluding hydrogens is 403 g/mol. The van der Waals surface area contributed by atoms with Crippen LogP contribution in [0.4, 0.5) is 4.39 Å². The molecule has 5 rings (SSSR count). The van der Waals surface area contributed by atoms with Crippen molar-refractivity contribution in [2.75, 3.05) is 0 Å². The van der Waals surface area contributed by atoms with Gasteiger partial charge in [0, 0.05) is 17.8 Å². The lowest BCUT2D eigenvalue weighted by Gasteiger charge is -2.18. The number of benzene rings is 1. The lowest BCUT2D eigenvalue weighted by molar-refractivity contribution is 0.0932. The van der Waals surface area contributed by atoms with E-state index in [1.54, 1.807) is 35.4 Å². The SMILES string of the molecule is NSc1ccc(C2(NC(=O)c3cncc4c3cnn4-c3ccc(F)cc3)CC2)cn1. The number of hydrogen-bond donors (Lipinski definition) is 2. The highest BCUT2D eigenvalue weighted by Gasteiger charge is 2.46. The highest BCUT2D eigenvalue weighted by molar-refractivity contribution is 7.97. The van der Waals surface area contributed by atoms with Gasteiger partial charge in [-0.15, -0.1) is 0 Å². The van der Waals surface area contributed by atoms with Crippen LogP contribution in [-0.4, -0.2) is 25.7 Å². The molecule has 0 radical (unpaired) electrons. The molecule has 150 valence electrons. The molecule has 1 fully saturated rings. The van der Waals surface area contributed by atoms with E-state index >= 15 is 0 Å². The quantitative estimate of drug-likeness (QED) is 0.481. The van der Waals surface area contributed by atoms with E-state index in [2.05, 4.69) is 20.4 Å². The summed E-state index contributed by atoms with van der Waals surface area (Å²) in [6, 6.07) is 9.79. The zero-order valence-electron chi connectivity index (χ0n) is 15.7. The molecule has 1 saturated carbocycles. The van der Waals surface area contributed by atoms with Crippen molar-refractivity contribution >= 4 is 28.8 Å². The Morgan fingerprint density at radius 1 is 1.10 bits per heavy atom. The first-order chi connectivity index (χ1) is 14.6. The first-order valence-corrected chi connectivity index (χ1v) is 10.2. The molecule has 0 spiro atoms. The van der Waals surface area contributed by atoms with Gasteiger partial charge in [0.25, 0.3) is 5.91 Å². The second-order valence-corrected chi connectivity index (χ2v) is 7.85. The number of nitrogens with one attached hydrogen (secondary N) is 1. The Hall–Kier alpha value is -3.30. The van der Waals surface area contributed by atoms with E-state index in [-0.39, 0.29) is 11.7 Å². The average molecular weight is 420 g/mol. The molecule has 1 aromatic carbocycles. The van der Waals surface area contributed by atoms with Crippen LogP contribution >= 0.6 is 11.9 Å². The van der Waals surface area contributed by atoms with Gasteiger partial charge in [-0.1, -0.05) is 6.07 Å². The monoisotopic (exact) mass is 420 g/mol. The summed E-state index contributed by atoms with van der Waals surface area (Å²) in [7, 11) is 0. The number of pyridine rings is 2. The van der Waals surface area contributed by atoms with Crippen LogP contribution in [0.2, 0.25) is 0 Å². The van der Waals surface area contributed by atoms with Crippen molar-refractivity contribution in [1.29, 1.82) is 0 Å².